The predicted molar refractivity (Wildman–Crippen MR) is 89.3 cm³/mol. The van der Waals surface area contributed by atoms with E-state index in [0.29, 0.717) is 0 Å². The van der Waals surface area contributed by atoms with Crippen LogP contribution in [-0.4, -0.2) is 17.3 Å². The molecule has 0 fully saturated rings. The molecule has 0 aliphatic heterocycles. The van der Waals surface area contributed by atoms with Gasteiger partial charge in [-0.1, -0.05) is 67.0 Å². The highest BCUT2D eigenvalue weighted by atomic mass is 79.9. The minimum atomic E-state index is -0.517. The monoisotopic (exact) mass is 339 g/mol. The number of alkyl halides is 1. The Labute approximate surface area is 131 Å². The average molecular weight is 340 g/mol. The van der Waals surface area contributed by atoms with E-state index in [1.54, 1.807) is 0 Å². The largest absolute Gasteiger partial charge is 0.352 e. The van der Waals surface area contributed by atoms with Crippen molar-refractivity contribution in [3.8, 4) is 0 Å². The van der Waals surface area contributed by atoms with E-state index >= 15 is 0 Å². The van der Waals surface area contributed by atoms with Gasteiger partial charge in [-0.3, -0.25) is 4.79 Å². The molecule has 0 saturated heterocycles. The van der Waals surface area contributed by atoms with Crippen molar-refractivity contribution >= 4 is 21.8 Å². The average Bonchev–Trinajstić information content (AvgIpc) is 2.38. The van der Waals surface area contributed by atoms with E-state index in [2.05, 4.69) is 42.0 Å². The number of halogens is 1. The first kappa shape index (κ1) is 17.2. The van der Waals surface area contributed by atoms with Gasteiger partial charge in [-0.2, -0.15) is 0 Å². The summed E-state index contributed by atoms with van der Waals surface area (Å²) >= 11 is 3.48. The fraction of sp³-hybridized carbons (Fsp3) is 0.588. The highest BCUT2D eigenvalue weighted by Crippen LogP contribution is 2.27. The lowest BCUT2D eigenvalue weighted by Crippen LogP contribution is -2.50. The Bertz CT molecular complexity index is 434. The standard InChI is InChI=1S/C17H26BrNO/c1-16(2,3)14(11-12-18)19-15(20)17(4,5)13-9-7-6-8-10-13/h6-10,14H,11-12H2,1-5H3,(H,19,20). The smallest absolute Gasteiger partial charge is 0.230 e. The fourth-order valence-electron chi connectivity index (χ4n) is 2.16. The van der Waals surface area contributed by atoms with Gasteiger partial charge in [0.05, 0.1) is 5.41 Å². The lowest BCUT2D eigenvalue weighted by Gasteiger charge is -2.34. The van der Waals surface area contributed by atoms with Gasteiger partial charge >= 0.3 is 0 Å². The molecule has 0 radical (unpaired) electrons. The van der Waals surface area contributed by atoms with Gasteiger partial charge in [-0.25, -0.2) is 0 Å². The number of carbonyl (C=O) groups excluding carboxylic acids is 1. The maximum absolute atomic E-state index is 12.7. The van der Waals surface area contributed by atoms with E-state index in [0.717, 1.165) is 17.3 Å². The van der Waals surface area contributed by atoms with Gasteiger partial charge in [0.25, 0.3) is 0 Å². The van der Waals surface area contributed by atoms with Crippen LogP contribution in [0.1, 0.15) is 46.6 Å². The zero-order valence-electron chi connectivity index (χ0n) is 13.2. The van der Waals surface area contributed by atoms with Crippen LogP contribution in [0.5, 0.6) is 0 Å². The summed E-state index contributed by atoms with van der Waals surface area (Å²) in [6, 6.07) is 10.1. The molecule has 0 saturated carbocycles. The topological polar surface area (TPSA) is 29.1 Å². The van der Waals surface area contributed by atoms with Crippen LogP contribution >= 0.6 is 15.9 Å². The zero-order chi connectivity index (χ0) is 15.4. The first-order valence-corrected chi connectivity index (χ1v) is 8.24. The normalized spacial score (nSPS) is 13.9. The van der Waals surface area contributed by atoms with Crippen molar-refractivity contribution in [3.05, 3.63) is 35.9 Å². The Morgan fingerprint density at radius 3 is 2.15 bits per heavy atom. The molecule has 1 atom stereocenters. The number of nitrogens with one attached hydrogen (secondary N) is 1. The Balaban J connectivity index is 2.88. The minimum absolute atomic E-state index is 0.0518. The van der Waals surface area contributed by atoms with Crippen molar-refractivity contribution < 1.29 is 4.79 Å². The van der Waals surface area contributed by atoms with E-state index in [1.807, 2.05) is 44.2 Å². The predicted octanol–water partition coefficient (Wildman–Crippen LogP) is 4.28. The van der Waals surface area contributed by atoms with Crippen molar-refractivity contribution in [1.82, 2.24) is 5.32 Å². The summed E-state index contributed by atoms with van der Waals surface area (Å²) in [4.78, 5) is 12.7. The second kappa shape index (κ2) is 6.75. The molecule has 20 heavy (non-hydrogen) atoms. The number of amides is 1. The van der Waals surface area contributed by atoms with Crippen LogP contribution < -0.4 is 5.32 Å². The van der Waals surface area contributed by atoms with E-state index in [9.17, 15) is 4.79 Å². The fourth-order valence-corrected chi connectivity index (χ4v) is 2.61. The van der Waals surface area contributed by atoms with Crippen molar-refractivity contribution in [2.45, 2.75) is 52.5 Å². The Morgan fingerprint density at radius 2 is 1.70 bits per heavy atom. The van der Waals surface area contributed by atoms with Crippen molar-refractivity contribution in [3.63, 3.8) is 0 Å². The van der Waals surface area contributed by atoms with Crippen molar-refractivity contribution in [2.75, 3.05) is 5.33 Å². The molecule has 3 heteroatoms. The summed E-state index contributed by atoms with van der Waals surface area (Å²) in [5.74, 6) is 0.0876. The van der Waals surface area contributed by atoms with Gasteiger partial charge in [0.2, 0.25) is 5.91 Å². The lowest BCUT2D eigenvalue weighted by atomic mass is 9.81. The molecule has 0 aliphatic carbocycles. The van der Waals surface area contributed by atoms with Crippen LogP contribution in [0.15, 0.2) is 30.3 Å². The molecular formula is C17H26BrNO. The number of hydrogen-bond donors (Lipinski definition) is 1. The summed E-state index contributed by atoms with van der Waals surface area (Å²) in [5.41, 5.74) is 0.580. The molecule has 2 nitrogen and oxygen atoms in total. The Hall–Kier alpha value is -0.830. The molecule has 0 heterocycles. The molecule has 0 bridgehead atoms. The van der Waals surface area contributed by atoms with Gasteiger partial charge in [0.1, 0.15) is 0 Å². The van der Waals surface area contributed by atoms with E-state index < -0.39 is 5.41 Å². The third-order valence-electron chi connectivity index (χ3n) is 3.81. The molecule has 1 N–H and O–H groups in total. The maximum Gasteiger partial charge on any atom is 0.230 e. The molecule has 1 amide bonds. The third-order valence-corrected chi connectivity index (χ3v) is 4.27. The highest BCUT2D eigenvalue weighted by molar-refractivity contribution is 9.09. The van der Waals surface area contributed by atoms with Gasteiger partial charge in [0, 0.05) is 11.4 Å². The van der Waals surface area contributed by atoms with Crippen LogP contribution in [0.4, 0.5) is 0 Å². The third kappa shape index (κ3) is 4.34. The first-order chi connectivity index (χ1) is 9.19. The van der Waals surface area contributed by atoms with Gasteiger partial charge in [0.15, 0.2) is 0 Å². The molecule has 1 rings (SSSR count). The van der Waals surface area contributed by atoms with Gasteiger partial charge in [-0.15, -0.1) is 0 Å². The quantitative estimate of drug-likeness (QED) is 0.797. The number of carbonyl (C=O) groups is 1. The molecular weight excluding hydrogens is 314 g/mol. The molecule has 1 unspecified atom stereocenters. The van der Waals surface area contributed by atoms with Crippen LogP contribution in [0.3, 0.4) is 0 Å². The Morgan fingerprint density at radius 1 is 1.15 bits per heavy atom. The zero-order valence-corrected chi connectivity index (χ0v) is 14.8. The van der Waals surface area contributed by atoms with Gasteiger partial charge in [-0.05, 0) is 31.2 Å². The number of rotatable bonds is 5. The maximum atomic E-state index is 12.7. The van der Waals surface area contributed by atoms with E-state index in [4.69, 9.17) is 0 Å². The minimum Gasteiger partial charge on any atom is -0.352 e. The first-order valence-electron chi connectivity index (χ1n) is 7.12. The molecule has 0 aromatic heterocycles. The van der Waals surface area contributed by atoms with Crippen molar-refractivity contribution in [1.29, 1.82) is 0 Å². The molecule has 0 aliphatic rings. The Kier molecular flexibility index (Phi) is 5.81. The van der Waals surface area contributed by atoms with Gasteiger partial charge < -0.3 is 5.32 Å². The van der Waals surface area contributed by atoms with Crippen LogP contribution in [0.2, 0.25) is 0 Å². The van der Waals surface area contributed by atoms with Crippen LogP contribution in [0, 0.1) is 5.41 Å². The van der Waals surface area contributed by atoms with Crippen LogP contribution in [-0.2, 0) is 10.2 Å². The molecule has 112 valence electrons. The van der Waals surface area contributed by atoms with Crippen LogP contribution in [0.25, 0.3) is 0 Å². The summed E-state index contributed by atoms with van der Waals surface area (Å²) in [6.07, 6.45) is 0.931. The van der Waals surface area contributed by atoms with E-state index in [1.165, 1.54) is 0 Å². The summed E-state index contributed by atoms with van der Waals surface area (Å²) in [6.45, 7) is 10.4. The lowest BCUT2D eigenvalue weighted by molar-refractivity contribution is -0.127. The van der Waals surface area contributed by atoms with Crippen molar-refractivity contribution in [2.24, 2.45) is 5.41 Å². The molecule has 1 aromatic rings. The highest BCUT2D eigenvalue weighted by Gasteiger charge is 2.34. The number of benzene rings is 1. The number of hydrogen-bond acceptors (Lipinski definition) is 1. The second-order valence-corrected chi connectivity index (χ2v) is 7.65. The molecule has 0 spiro atoms. The molecule has 1 aromatic carbocycles. The SMILES string of the molecule is CC(C)(C(=O)NC(CCBr)C(C)(C)C)c1ccccc1. The summed E-state index contributed by atoms with van der Waals surface area (Å²) < 4.78 is 0. The second-order valence-electron chi connectivity index (χ2n) is 6.86. The summed E-state index contributed by atoms with van der Waals surface area (Å²) in [5, 5.41) is 4.12. The summed E-state index contributed by atoms with van der Waals surface area (Å²) in [7, 11) is 0. The van der Waals surface area contributed by atoms with E-state index in [-0.39, 0.29) is 17.4 Å².